The van der Waals surface area contributed by atoms with Crippen LogP contribution in [0.15, 0.2) is 24.4 Å². The Morgan fingerprint density at radius 3 is 2.58 bits per heavy atom. The number of aromatic nitrogens is 1. The molecule has 1 aliphatic carbocycles. The predicted molar refractivity (Wildman–Crippen MR) is 129 cm³/mol. The second-order valence-electron chi connectivity index (χ2n) is 9.38. The van der Waals surface area contributed by atoms with E-state index in [1.54, 1.807) is 14.1 Å². The molecule has 172 valence electrons. The van der Waals surface area contributed by atoms with Crippen LogP contribution in [0.5, 0.6) is 5.75 Å². The van der Waals surface area contributed by atoms with Crippen molar-refractivity contribution in [1.82, 2.24) is 14.8 Å². The highest BCUT2D eigenvalue weighted by atomic mass is 16.6. The minimum atomic E-state index is -0.347. The van der Waals surface area contributed by atoms with Crippen LogP contribution in [0.4, 0.5) is 4.79 Å². The van der Waals surface area contributed by atoms with Gasteiger partial charge in [-0.15, -0.1) is 0 Å². The first-order valence-corrected chi connectivity index (χ1v) is 12.3. The standard InChI is InChI=1S/C26H41N3O2/c1-4-5-16-29(17-14-21-10-8-6-7-9-11-21)18-15-22-20-27-25-13-12-23(19-24(22)25)31-26(30)28(2)3/h12-13,19-21,27H,4-11,14-18H2,1-3H3. The smallest absolute Gasteiger partial charge is 0.410 e. The van der Waals surface area contributed by atoms with Gasteiger partial charge in [0, 0.05) is 37.7 Å². The lowest BCUT2D eigenvalue weighted by molar-refractivity contribution is 0.172. The zero-order valence-corrected chi connectivity index (χ0v) is 19.8. The fourth-order valence-corrected chi connectivity index (χ4v) is 4.63. The number of hydrogen-bond donors (Lipinski definition) is 1. The summed E-state index contributed by atoms with van der Waals surface area (Å²) in [7, 11) is 3.39. The van der Waals surface area contributed by atoms with Crippen LogP contribution in [0.3, 0.4) is 0 Å². The van der Waals surface area contributed by atoms with Gasteiger partial charge in [0.25, 0.3) is 0 Å². The zero-order chi connectivity index (χ0) is 22.1. The average molecular weight is 428 g/mol. The average Bonchev–Trinajstić information content (AvgIpc) is 2.98. The molecule has 0 bridgehead atoms. The molecule has 1 N–H and O–H groups in total. The van der Waals surface area contributed by atoms with E-state index >= 15 is 0 Å². The summed E-state index contributed by atoms with van der Waals surface area (Å²) in [6.07, 6.45) is 15.2. The third-order valence-electron chi connectivity index (χ3n) is 6.66. The lowest BCUT2D eigenvalue weighted by Crippen LogP contribution is -2.29. The van der Waals surface area contributed by atoms with Crippen LogP contribution in [0.2, 0.25) is 0 Å². The van der Waals surface area contributed by atoms with Crippen molar-refractivity contribution in [2.45, 2.75) is 71.1 Å². The number of fused-ring (bicyclic) bond motifs is 1. The number of aromatic amines is 1. The Hall–Kier alpha value is -2.01. The summed E-state index contributed by atoms with van der Waals surface area (Å²) in [5.74, 6) is 1.52. The Morgan fingerprint density at radius 1 is 1.10 bits per heavy atom. The van der Waals surface area contributed by atoms with Gasteiger partial charge >= 0.3 is 6.09 Å². The lowest BCUT2D eigenvalue weighted by Gasteiger charge is -2.24. The number of nitrogens with one attached hydrogen (secondary N) is 1. The number of nitrogens with zero attached hydrogens (tertiary/aromatic N) is 2. The van der Waals surface area contributed by atoms with Gasteiger partial charge in [-0.2, -0.15) is 0 Å². The molecule has 1 amide bonds. The van der Waals surface area contributed by atoms with Crippen molar-refractivity contribution in [3.63, 3.8) is 0 Å². The van der Waals surface area contributed by atoms with Gasteiger partial charge in [0.2, 0.25) is 0 Å². The van der Waals surface area contributed by atoms with Crippen LogP contribution in [0.1, 0.15) is 70.3 Å². The second kappa shape index (κ2) is 12.1. The first-order chi connectivity index (χ1) is 15.1. The SMILES string of the molecule is CCCCN(CCc1c[nH]c2ccc(OC(=O)N(C)C)cc12)CCC1CCCCCC1. The Labute approximate surface area is 188 Å². The fourth-order valence-electron chi connectivity index (χ4n) is 4.63. The highest BCUT2D eigenvalue weighted by Crippen LogP contribution is 2.27. The second-order valence-corrected chi connectivity index (χ2v) is 9.38. The van der Waals surface area contributed by atoms with E-state index in [0.29, 0.717) is 5.75 Å². The maximum Gasteiger partial charge on any atom is 0.414 e. The van der Waals surface area contributed by atoms with Crippen LogP contribution in [0, 0.1) is 5.92 Å². The highest BCUT2D eigenvalue weighted by molar-refractivity contribution is 5.85. The first-order valence-electron chi connectivity index (χ1n) is 12.3. The van der Waals surface area contributed by atoms with Crippen molar-refractivity contribution in [1.29, 1.82) is 0 Å². The van der Waals surface area contributed by atoms with E-state index in [1.807, 2.05) is 18.2 Å². The molecular formula is C26H41N3O2. The van der Waals surface area contributed by atoms with Crippen molar-refractivity contribution in [2.75, 3.05) is 33.7 Å². The monoisotopic (exact) mass is 427 g/mol. The van der Waals surface area contributed by atoms with Crippen molar-refractivity contribution in [3.8, 4) is 5.75 Å². The molecule has 1 aromatic heterocycles. The summed E-state index contributed by atoms with van der Waals surface area (Å²) < 4.78 is 5.47. The van der Waals surface area contributed by atoms with Crippen LogP contribution < -0.4 is 4.74 Å². The molecule has 0 aliphatic heterocycles. The number of H-pyrrole nitrogens is 1. The summed E-state index contributed by atoms with van der Waals surface area (Å²) in [4.78, 5) is 19.4. The minimum absolute atomic E-state index is 0.347. The van der Waals surface area contributed by atoms with Gasteiger partial charge in [0.1, 0.15) is 5.75 Å². The predicted octanol–water partition coefficient (Wildman–Crippen LogP) is 6.23. The number of amides is 1. The molecule has 1 aromatic carbocycles. The Balaban J connectivity index is 1.60. The molecule has 31 heavy (non-hydrogen) atoms. The summed E-state index contributed by atoms with van der Waals surface area (Å²) >= 11 is 0. The van der Waals surface area contributed by atoms with E-state index in [2.05, 4.69) is 23.0 Å². The summed E-state index contributed by atoms with van der Waals surface area (Å²) in [5.41, 5.74) is 2.40. The summed E-state index contributed by atoms with van der Waals surface area (Å²) in [5, 5.41) is 1.16. The molecule has 0 unspecified atom stereocenters. The zero-order valence-electron chi connectivity index (χ0n) is 19.8. The molecule has 0 atom stereocenters. The first kappa shape index (κ1) is 23.6. The number of rotatable bonds is 10. The maximum atomic E-state index is 11.9. The molecule has 1 saturated carbocycles. The number of carbonyl (C=O) groups is 1. The van der Waals surface area contributed by atoms with Gasteiger partial charge in [0.05, 0.1) is 0 Å². The third-order valence-corrected chi connectivity index (χ3v) is 6.66. The van der Waals surface area contributed by atoms with Crippen molar-refractivity contribution in [3.05, 3.63) is 30.0 Å². The Kier molecular flexibility index (Phi) is 9.26. The van der Waals surface area contributed by atoms with Crippen molar-refractivity contribution >= 4 is 17.0 Å². The maximum absolute atomic E-state index is 11.9. The van der Waals surface area contributed by atoms with E-state index in [1.165, 1.54) is 81.3 Å². The molecule has 1 fully saturated rings. The Bertz CT molecular complexity index is 806. The fraction of sp³-hybridized carbons (Fsp3) is 0.654. The lowest BCUT2D eigenvalue weighted by atomic mass is 9.96. The van der Waals surface area contributed by atoms with Gasteiger partial charge in [-0.05, 0) is 62.0 Å². The van der Waals surface area contributed by atoms with Gasteiger partial charge in [-0.3, -0.25) is 0 Å². The normalized spacial score (nSPS) is 15.4. The van der Waals surface area contributed by atoms with Gasteiger partial charge in [0.15, 0.2) is 0 Å². The van der Waals surface area contributed by atoms with E-state index < -0.39 is 0 Å². The molecular weight excluding hydrogens is 386 g/mol. The van der Waals surface area contributed by atoms with Gasteiger partial charge in [-0.25, -0.2) is 4.79 Å². The van der Waals surface area contributed by atoms with Crippen LogP contribution in [0.25, 0.3) is 10.9 Å². The largest absolute Gasteiger partial charge is 0.414 e. The summed E-state index contributed by atoms with van der Waals surface area (Å²) in [6.45, 7) is 5.77. The van der Waals surface area contributed by atoms with E-state index in [4.69, 9.17) is 4.74 Å². The number of unbranched alkanes of at least 4 members (excludes halogenated alkanes) is 1. The molecule has 5 nitrogen and oxygen atoms in total. The highest BCUT2D eigenvalue weighted by Gasteiger charge is 2.15. The number of carbonyl (C=O) groups excluding carboxylic acids is 1. The van der Waals surface area contributed by atoms with Crippen molar-refractivity contribution < 1.29 is 9.53 Å². The van der Waals surface area contributed by atoms with E-state index in [9.17, 15) is 4.79 Å². The molecule has 5 heteroatoms. The number of benzene rings is 1. The van der Waals surface area contributed by atoms with Crippen LogP contribution in [-0.2, 0) is 6.42 Å². The van der Waals surface area contributed by atoms with E-state index in [-0.39, 0.29) is 6.09 Å². The quantitative estimate of drug-likeness (QED) is 0.457. The van der Waals surface area contributed by atoms with Crippen molar-refractivity contribution in [2.24, 2.45) is 5.92 Å². The molecule has 1 heterocycles. The number of ether oxygens (including phenoxy) is 1. The Morgan fingerprint density at radius 2 is 1.87 bits per heavy atom. The molecule has 0 saturated heterocycles. The molecule has 2 aromatic rings. The molecule has 1 aliphatic rings. The number of hydrogen-bond acceptors (Lipinski definition) is 3. The molecule has 3 rings (SSSR count). The summed E-state index contributed by atoms with van der Waals surface area (Å²) in [6, 6.07) is 5.84. The van der Waals surface area contributed by atoms with Crippen LogP contribution in [-0.4, -0.2) is 54.6 Å². The van der Waals surface area contributed by atoms with E-state index in [0.717, 1.165) is 29.8 Å². The topological polar surface area (TPSA) is 48.6 Å². The molecule has 0 radical (unpaired) electrons. The van der Waals surface area contributed by atoms with Crippen LogP contribution >= 0.6 is 0 Å². The minimum Gasteiger partial charge on any atom is -0.410 e. The van der Waals surface area contributed by atoms with Gasteiger partial charge in [-0.1, -0.05) is 51.9 Å². The third kappa shape index (κ3) is 7.27. The molecule has 0 spiro atoms. The van der Waals surface area contributed by atoms with Gasteiger partial charge < -0.3 is 19.5 Å².